The number of fused-ring (bicyclic) bond motifs is 1. The molecule has 4 aromatic rings. The van der Waals surface area contributed by atoms with Crippen LogP contribution < -0.4 is 26.0 Å². The fraction of sp³-hybridized carbons (Fsp3) is 0.341. The van der Waals surface area contributed by atoms with Crippen LogP contribution in [0.5, 0.6) is 5.75 Å². The van der Waals surface area contributed by atoms with Crippen molar-refractivity contribution in [2.45, 2.75) is 20.3 Å². The van der Waals surface area contributed by atoms with Crippen LogP contribution in [-0.2, 0) is 25.4 Å². The molecule has 0 aromatic heterocycles. The van der Waals surface area contributed by atoms with Crippen LogP contribution in [-0.4, -0.2) is 91.6 Å². The average Bonchev–Trinajstić information content (AvgIpc) is 3.63. The minimum Gasteiger partial charge on any atom is -0.496 e. The van der Waals surface area contributed by atoms with Crippen LogP contribution in [0.2, 0.25) is 0 Å². The summed E-state index contributed by atoms with van der Waals surface area (Å²) in [6.45, 7) is 10.0. The molecule has 3 aliphatic rings. The van der Waals surface area contributed by atoms with E-state index in [4.69, 9.17) is 40.1 Å². The Hall–Kier alpha value is -5.59. The molecule has 2 fully saturated rings. The highest BCUT2D eigenvalue weighted by Gasteiger charge is 2.26. The first-order valence-electron chi connectivity index (χ1n) is 17.6. The number of nitrogens with zero attached hydrogens (tertiary/aromatic N) is 3. The largest absolute Gasteiger partial charge is 0.496 e. The van der Waals surface area contributed by atoms with E-state index in [2.05, 4.69) is 34.9 Å². The number of carbonyl (C=O) groups excluding carboxylic acids is 2. The molecule has 4 aromatic carbocycles. The number of esters is 2. The van der Waals surface area contributed by atoms with E-state index in [0.29, 0.717) is 43.2 Å². The first kappa shape index (κ1) is 38.6. The SMILES string of the molecule is COC(=O)c1cc(N2CCOCC2)cc(N)c1N.COC(=O)c1cc(N2CCOCC2)cc2c1N=C(c1ccccc1C)C2.COc1ccccc1C. The molecular weight excluding hydrogens is 674 g/mol. The lowest BCUT2D eigenvalue weighted by molar-refractivity contribution is 0.0593. The second-order valence-electron chi connectivity index (χ2n) is 12.7. The molecule has 12 nitrogen and oxygen atoms in total. The van der Waals surface area contributed by atoms with Crippen molar-refractivity contribution in [2.24, 2.45) is 4.99 Å². The summed E-state index contributed by atoms with van der Waals surface area (Å²) in [6, 6.07) is 23.7. The maximum Gasteiger partial charge on any atom is 0.340 e. The van der Waals surface area contributed by atoms with Gasteiger partial charge in [-0.05, 0) is 66.4 Å². The molecule has 0 radical (unpaired) electrons. The lowest BCUT2D eigenvalue weighted by Gasteiger charge is -2.29. The van der Waals surface area contributed by atoms with Crippen LogP contribution in [0.15, 0.2) is 77.8 Å². The van der Waals surface area contributed by atoms with Crippen molar-refractivity contribution < 1.29 is 33.3 Å². The zero-order valence-corrected chi connectivity index (χ0v) is 31.1. The number of aryl methyl sites for hydroxylation is 2. The summed E-state index contributed by atoms with van der Waals surface area (Å²) in [4.78, 5) is 33.2. The van der Waals surface area contributed by atoms with Crippen molar-refractivity contribution in [3.05, 3.63) is 106 Å². The second-order valence-corrected chi connectivity index (χ2v) is 12.7. The van der Waals surface area contributed by atoms with Gasteiger partial charge in [0.15, 0.2) is 0 Å². The van der Waals surface area contributed by atoms with Gasteiger partial charge in [0.2, 0.25) is 0 Å². The normalized spacial score (nSPS) is 14.8. The molecule has 0 saturated carbocycles. The number of morpholine rings is 2. The maximum absolute atomic E-state index is 12.4. The number of aliphatic imine (C=N–C) groups is 1. The highest BCUT2D eigenvalue weighted by molar-refractivity contribution is 6.10. The minimum absolute atomic E-state index is 0.263. The number of ether oxygens (including phenoxy) is 5. The number of hydrogen-bond acceptors (Lipinski definition) is 12. The van der Waals surface area contributed by atoms with E-state index in [9.17, 15) is 9.59 Å². The summed E-state index contributed by atoms with van der Waals surface area (Å²) >= 11 is 0. The molecule has 2 saturated heterocycles. The molecule has 0 amide bonds. The number of benzene rings is 4. The molecule has 0 spiro atoms. The fourth-order valence-electron chi connectivity index (χ4n) is 6.35. The molecule has 280 valence electrons. The molecule has 3 aliphatic heterocycles. The van der Waals surface area contributed by atoms with E-state index >= 15 is 0 Å². The van der Waals surface area contributed by atoms with Crippen molar-refractivity contribution in [1.82, 2.24) is 0 Å². The van der Waals surface area contributed by atoms with E-state index in [0.717, 1.165) is 72.3 Å². The Kier molecular flexibility index (Phi) is 13.3. The molecule has 53 heavy (non-hydrogen) atoms. The standard InChI is InChI=1S/C21H22N2O3.C12H17N3O3.C8H10O/c1-14-5-3-4-6-17(14)19-12-15-11-16(23-7-9-26-10-8-23)13-18(20(15)22-19)21(24)25-2;1-17-12(16)9-6-8(7-10(13)11(9)14)15-2-4-18-5-3-15;1-7-5-3-4-6-8(7)9-2/h3-6,11,13H,7-10,12H2,1-2H3;6-7H,2-5,13-14H2,1H3;3-6H,1-2H3. The van der Waals surface area contributed by atoms with Gasteiger partial charge in [-0.1, -0.05) is 42.5 Å². The highest BCUT2D eigenvalue weighted by Crippen LogP contribution is 2.37. The van der Waals surface area contributed by atoms with Gasteiger partial charge in [-0.25, -0.2) is 9.59 Å². The molecule has 12 heteroatoms. The first-order chi connectivity index (χ1) is 25.6. The summed E-state index contributed by atoms with van der Waals surface area (Å²) < 4.78 is 25.5. The lowest BCUT2D eigenvalue weighted by atomic mass is 9.98. The third-order valence-corrected chi connectivity index (χ3v) is 9.31. The van der Waals surface area contributed by atoms with Gasteiger partial charge in [0.25, 0.3) is 0 Å². The van der Waals surface area contributed by atoms with Crippen molar-refractivity contribution in [1.29, 1.82) is 0 Å². The maximum atomic E-state index is 12.4. The van der Waals surface area contributed by atoms with Crippen molar-refractivity contribution >= 4 is 46.1 Å². The van der Waals surface area contributed by atoms with Crippen LogP contribution in [0, 0.1) is 13.8 Å². The third kappa shape index (κ3) is 9.45. The molecule has 0 bridgehead atoms. The van der Waals surface area contributed by atoms with E-state index in [1.165, 1.54) is 25.3 Å². The van der Waals surface area contributed by atoms with Gasteiger partial charge in [0.1, 0.15) is 5.75 Å². The number of rotatable bonds is 6. The number of methoxy groups -OCH3 is 3. The van der Waals surface area contributed by atoms with E-state index in [1.807, 2.05) is 49.4 Å². The summed E-state index contributed by atoms with van der Waals surface area (Å²) in [6.07, 6.45) is 0.725. The smallest absolute Gasteiger partial charge is 0.340 e. The van der Waals surface area contributed by atoms with Crippen LogP contribution in [0.1, 0.15) is 43.0 Å². The molecule has 0 atom stereocenters. The number of nitrogen functional groups attached to an aromatic ring is 2. The number of nitrogens with two attached hydrogens (primary N) is 2. The zero-order chi connectivity index (χ0) is 37.9. The molecule has 3 heterocycles. The van der Waals surface area contributed by atoms with Crippen molar-refractivity contribution in [3.8, 4) is 5.75 Å². The summed E-state index contributed by atoms with van der Waals surface area (Å²) in [5, 5.41) is 0. The summed E-state index contributed by atoms with van der Waals surface area (Å²) in [5.41, 5.74) is 21.3. The summed E-state index contributed by atoms with van der Waals surface area (Å²) in [5.74, 6) is 0.137. The van der Waals surface area contributed by atoms with Gasteiger partial charge in [-0.2, -0.15) is 0 Å². The number of hydrogen-bond donors (Lipinski definition) is 2. The Labute approximate surface area is 311 Å². The number of para-hydroxylation sites is 1. The molecule has 0 aliphatic carbocycles. The predicted octanol–water partition coefficient (Wildman–Crippen LogP) is 5.77. The summed E-state index contributed by atoms with van der Waals surface area (Å²) in [7, 11) is 4.42. The highest BCUT2D eigenvalue weighted by atomic mass is 16.5. The first-order valence-corrected chi connectivity index (χ1v) is 17.6. The quantitative estimate of drug-likeness (QED) is 0.184. The molecule has 0 unspecified atom stereocenters. The Morgan fingerprint density at radius 2 is 1.23 bits per heavy atom. The Balaban J connectivity index is 0.000000173. The lowest BCUT2D eigenvalue weighted by Crippen LogP contribution is -2.36. The fourth-order valence-corrected chi connectivity index (χ4v) is 6.35. The van der Waals surface area contributed by atoms with Crippen LogP contribution >= 0.6 is 0 Å². The predicted molar refractivity (Wildman–Crippen MR) is 209 cm³/mol. The molecule has 4 N–H and O–H groups in total. The zero-order valence-electron chi connectivity index (χ0n) is 31.1. The Morgan fingerprint density at radius 3 is 1.77 bits per heavy atom. The molecule has 7 rings (SSSR count). The Morgan fingerprint density at radius 1 is 0.698 bits per heavy atom. The van der Waals surface area contributed by atoms with Gasteiger partial charge >= 0.3 is 11.9 Å². The molecular formula is C41H49N5O7. The van der Waals surface area contributed by atoms with Gasteiger partial charge in [-0.15, -0.1) is 0 Å². The van der Waals surface area contributed by atoms with Crippen LogP contribution in [0.3, 0.4) is 0 Å². The number of anilines is 4. The van der Waals surface area contributed by atoms with Gasteiger partial charge in [0, 0.05) is 44.0 Å². The van der Waals surface area contributed by atoms with Crippen molar-refractivity contribution in [2.75, 3.05) is 95.2 Å². The third-order valence-electron chi connectivity index (χ3n) is 9.31. The van der Waals surface area contributed by atoms with Crippen molar-refractivity contribution in [3.63, 3.8) is 0 Å². The monoisotopic (exact) mass is 723 g/mol. The van der Waals surface area contributed by atoms with E-state index < -0.39 is 5.97 Å². The van der Waals surface area contributed by atoms with Crippen LogP contribution in [0.25, 0.3) is 0 Å². The van der Waals surface area contributed by atoms with E-state index in [-0.39, 0.29) is 11.7 Å². The van der Waals surface area contributed by atoms with E-state index in [1.54, 1.807) is 19.2 Å². The van der Waals surface area contributed by atoms with Gasteiger partial charge in [0.05, 0.1) is 81.7 Å². The Bertz CT molecular complexity index is 1930. The topological polar surface area (TPSA) is 151 Å². The van der Waals surface area contributed by atoms with Crippen LogP contribution in [0.4, 0.5) is 28.4 Å². The van der Waals surface area contributed by atoms with Gasteiger partial charge < -0.3 is 45.0 Å². The minimum atomic E-state index is -0.477. The van der Waals surface area contributed by atoms with Gasteiger partial charge in [-0.3, -0.25) is 4.99 Å². The number of carbonyl (C=O) groups is 2. The second kappa shape index (κ2) is 18.3. The average molecular weight is 724 g/mol.